The summed E-state index contributed by atoms with van der Waals surface area (Å²) in [5.74, 6) is 0.387. The molecule has 1 aliphatic rings. The summed E-state index contributed by atoms with van der Waals surface area (Å²) < 4.78 is 6.21. The van der Waals surface area contributed by atoms with Crippen LogP contribution in [-0.4, -0.2) is 37.6 Å². The summed E-state index contributed by atoms with van der Waals surface area (Å²) in [5, 5.41) is 21.0. The molecule has 0 spiro atoms. The predicted molar refractivity (Wildman–Crippen MR) is 122 cm³/mol. The van der Waals surface area contributed by atoms with Crippen LogP contribution in [0.2, 0.25) is 13.1 Å². The van der Waals surface area contributed by atoms with E-state index in [1.807, 2.05) is 6.08 Å². The lowest BCUT2D eigenvalue weighted by atomic mass is 9.89. The average molecular weight is 410 g/mol. The third kappa shape index (κ3) is 10.4. The van der Waals surface area contributed by atoms with Gasteiger partial charge in [-0.25, -0.2) is 4.43 Å². The van der Waals surface area contributed by atoms with Crippen LogP contribution < -0.4 is 0 Å². The Morgan fingerprint density at radius 3 is 2.43 bits per heavy atom. The Labute approximate surface area is 176 Å². The Bertz CT molecular complexity index is 436. The topological polar surface area (TPSA) is 49.7 Å². The Morgan fingerprint density at radius 2 is 1.75 bits per heavy atom. The van der Waals surface area contributed by atoms with Crippen molar-refractivity contribution < 1.29 is 14.6 Å². The largest absolute Gasteiger partial charge is 0.467 e. The van der Waals surface area contributed by atoms with Gasteiger partial charge in [0.2, 0.25) is 0 Å². The smallest absolute Gasteiger partial charge is 0.393 e. The highest BCUT2D eigenvalue weighted by molar-refractivity contribution is 6.48. The molecule has 3 nitrogen and oxygen atoms in total. The van der Waals surface area contributed by atoms with Crippen LogP contribution in [0, 0.1) is 11.8 Å². The van der Waals surface area contributed by atoms with Crippen molar-refractivity contribution in [1.82, 2.24) is 0 Å². The molecule has 1 saturated carbocycles. The molecule has 1 rings (SSSR count). The third-order valence-electron chi connectivity index (χ3n) is 5.74. The van der Waals surface area contributed by atoms with Crippen molar-refractivity contribution in [3.63, 3.8) is 0 Å². The summed E-state index contributed by atoms with van der Waals surface area (Å²) in [6, 6.07) is 0. The molecule has 0 radical (unpaired) electrons. The zero-order chi connectivity index (χ0) is 20.8. The molecule has 28 heavy (non-hydrogen) atoms. The van der Waals surface area contributed by atoms with Gasteiger partial charge in [-0.05, 0) is 25.2 Å². The Morgan fingerprint density at radius 1 is 1.04 bits per heavy atom. The molecular formula is C24H45O3Si+. The fourth-order valence-corrected chi connectivity index (χ4v) is 4.97. The summed E-state index contributed by atoms with van der Waals surface area (Å²) in [6.45, 7) is 8.74. The number of hydrogen-bond donors (Lipinski definition) is 2. The normalized spacial score (nSPS) is 26.5. The number of allylic oxidation sites excluding steroid dienone is 2. The minimum Gasteiger partial charge on any atom is -0.393 e. The lowest BCUT2D eigenvalue weighted by Crippen LogP contribution is -2.26. The van der Waals surface area contributed by atoms with Crippen molar-refractivity contribution in [2.75, 3.05) is 0 Å². The van der Waals surface area contributed by atoms with E-state index in [-0.39, 0.29) is 30.1 Å². The van der Waals surface area contributed by atoms with E-state index in [1.165, 1.54) is 38.5 Å². The van der Waals surface area contributed by atoms with Gasteiger partial charge in [0.15, 0.2) is 0 Å². The van der Waals surface area contributed by atoms with E-state index < -0.39 is 9.04 Å². The molecule has 5 atom stereocenters. The van der Waals surface area contributed by atoms with Crippen LogP contribution in [0.4, 0.5) is 0 Å². The highest BCUT2D eigenvalue weighted by atomic mass is 28.3. The summed E-state index contributed by atoms with van der Waals surface area (Å²) in [7, 11) is -0.814. The van der Waals surface area contributed by atoms with E-state index in [0.29, 0.717) is 6.42 Å². The van der Waals surface area contributed by atoms with E-state index in [9.17, 15) is 10.2 Å². The molecule has 0 aliphatic heterocycles. The molecule has 0 heterocycles. The summed E-state index contributed by atoms with van der Waals surface area (Å²) in [6.07, 6.45) is 20.1. The van der Waals surface area contributed by atoms with Crippen LogP contribution in [0.1, 0.15) is 84.5 Å². The molecular weight excluding hydrogens is 364 g/mol. The third-order valence-corrected chi connectivity index (χ3v) is 6.51. The molecule has 4 heteroatoms. The Hall–Kier alpha value is -0.423. The van der Waals surface area contributed by atoms with Crippen molar-refractivity contribution in [2.24, 2.45) is 11.8 Å². The quantitative estimate of drug-likeness (QED) is 0.197. The van der Waals surface area contributed by atoms with E-state index >= 15 is 0 Å². The van der Waals surface area contributed by atoms with E-state index in [0.717, 1.165) is 25.7 Å². The van der Waals surface area contributed by atoms with Crippen LogP contribution in [0.25, 0.3) is 0 Å². The van der Waals surface area contributed by atoms with Crippen molar-refractivity contribution in [3.05, 3.63) is 24.3 Å². The molecule has 2 N–H and O–H groups in total. The molecule has 0 amide bonds. The van der Waals surface area contributed by atoms with E-state index in [4.69, 9.17) is 4.43 Å². The van der Waals surface area contributed by atoms with Gasteiger partial charge in [-0.1, -0.05) is 83.1 Å². The first kappa shape index (κ1) is 25.6. The second-order valence-electron chi connectivity index (χ2n) is 8.61. The first-order valence-electron chi connectivity index (χ1n) is 11.7. The average Bonchev–Trinajstić information content (AvgIpc) is 2.93. The number of rotatable bonds is 15. The van der Waals surface area contributed by atoms with Gasteiger partial charge < -0.3 is 10.2 Å². The highest BCUT2D eigenvalue weighted by Gasteiger charge is 2.44. The number of hydrogen-bond acceptors (Lipinski definition) is 3. The van der Waals surface area contributed by atoms with Crippen LogP contribution in [-0.2, 0) is 4.43 Å². The van der Waals surface area contributed by atoms with Crippen LogP contribution in [0.5, 0.6) is 0 Å². The van der Waals surface area contributed by atoms with Gasteiger partial charge in [0.25, 0.3) is 0 Å². The second-order valence-corrected chi connectivity index (χ2v) is 10.7. The first-order valence-corrected chi connectivity index (χ1v) is 14.1. The van der Waals surface area contributed by atoms with Gasteiger partial charge >= 0.3 is 9.04 Å². The summed E-state index contributed by atoms with van der Waals surface area (Å²) >= 11 is 0. The number of aliphatic hydroxyl groups is 2. The molecule has 0 bridgehead atoms. The van der Waals surface area contributed by atoms with Gasteiger partial charge in [0.05, 0.1) is 25.3 Å². The Kier molecular flexibility index (Phi) is 14.1. The molecule has 162 valence electrons. The molecule has 1 aliphatic carbocycles. The molecule has 0 aromatic carbocycles. The minimum absolute atomic E-state index is 0.0842. The van der Waals surface area contributed by atoms with Gasteiger partial charge in [-0.3, -0.25) is 0 Å². The van der Waals surface area contributed by atoms with E-state index in [1.54, 1.807) is 0 Å². The van der Waals surface area contributed by atoms with Crippen LogP contribution >= 0.6 is 0 Å². The maximum atomic E-state index is 10.6. The maximum Gasteiger partial charge on any atom is 0.467 e. The Balaban J connectivity index is 2.62. The van der Waals surface area contributed by atoms with Crippen LogP contribution in [0.3, 0.4) is 0 Å². The fourth-order valence-electron chi connectivity index (χ4n) is 4.12. The fraction of sp³-hybridized carbons (Fsp3) is 0.833. The predicted octanol–water partition coefficient (Wildman–Crippen LogP) is 6.03. The number of aliphatic hydroxyl groups excluding tert-OH is 2. The monoisotopic (exact) mass is 409 g/mol. The van der Waals surface area contributed by atoms with Crippen molar-refractivity contribution in [1.29, 1.82) is 0 Å². The summed E-state index contributed by atoms with van der Waals surface area (Å²) in [4.78, 5) is 0. The molecule has 0 unspecified atom stereocenters. The van der Waals surface area contributed by atoms with Gasteiger partial charge in [0.1, 0.15) is 6.10 Å². The standard InChI is InChI=1S/C24H45O3Si/c1-5-7-9-11-13-15-20(25)17-18-22-21(16-14-12-10-8-6-2)23(26)19-24(22)27-28(3)4/h12,14,17-18,20-26H,5-11,13,15-16,19H2,1-4H3/q+1/b14-12-,18-17+/t20-,21-,22-,23+,24-/m1/s1. The molecule has 1 fully saturated rings. The van der Waals surface area contributed by atoms with Gasteiger partial charge in [-0.15, -0.1) is 0 Å². The van der Waals surface area contributed by atoms with Crippen molar-refractivity contribution in [3.8, 4) is 0 Å². The highest BCUT2D eigenvalue weighted by Crippen LogP contribution is 2.38. The van der Waals surface area contributed by atoms with Crippen LogP contribution in [0.15, 0.2) is 24.3 Å². The first-order chi connectivity index (χ1) is 13.5. The van der Waals surface area contributed by atoms with Gasteiger partial charge in [0, 0.05) is 12.3 Å². The maximum absolute atomic E-state index is 10.6. The lowest BCUT2D eigenvalue weighted by Gasteiger charge is -2.20. The lowest BCUT2D eigenvalue weighted by molar-refractivity contribution is 0.123. The molecule has 0 saturated heterocycles. The zero-order valence-electron chi connectivity index (χ0n) is 18.8. The number of unbranched alkanes of at least 4 members (excludes halogenated alkanes) is 6. The van der Waals surface area contributed by atoms with Crippen molar-refractivity contribution in [2.45, 2.75) is 116 Å². The second kappa shape index (κ2) is 15.4. The van der Waals surface area contributed by atoms with Gasteiger partial charge in [-0.2, -0.15) is 0 Å². The molecule has 0 aromatic rings. The van der Waals surface area contributed by atoms with E-state index in [2.05, 4.69) is 45.2 Å². The minimum atomic E-state index is -0.814. The zero-order valence-corrected chi connectivity index (χ0v) is 19.8. The SMILES string of the molecule is CCCC/C=C\C[C@@H]1[C@@H](/C=C/[C@H](O)CCCCCCC)[C@H](O[Si+](C)C)C[C@@H]1O. The molecule has 0 aromatic heterocycles. The van der Waals surface area contributed by atoms with Crippen molar-refractivity contribution >= 4 is 9.04 Å². The summed E-state index contributed by atoms with van der Waals surface area (Å²) in [5.41, 5.74) is 0.